The van der Waals surface area contributed by atoms with Crippen LogP contribution in [0.15, 0.2) is 42.5 Å². The topological polar surface area (TPSA) is 39.3 Å². The lowest BCUT2D eigenvalue weighted by Crippen LogP contribution is -2.54. The molecule has 1 aromatic heterocycles. The molecule has 6 rings (SSSR count). The summed E-state index contributed by atoms with van der Waals surface area (Å²) in [6.07, 6.45) is 6.04. The summed E-state index contributed by atoms with van der Waals surface area (Å²) in [5, 5.41) is 12.3. The Balaban J connectivity index is 1.46. The van der Waals surface area contributed by atoms with Gasteiger partial charge in [0, 0.05) is 29.6 Å². The molecule has 0 amide bonds. The van der Waals surface area contributed by atoms with Crippen LogP contribution in [0.5, 0.6) is 5.75 Å². The zero-order chi connectivity index (χ0) is 19.6. The van der Waals surface area contributed by atoms with Gasteiger partial charge in [0.25, 0.3) is 0 Å². The number of phenolic OH excluding ortho intramolecular Hbond substituents is 1. The number of aromatic amines is 1. The van der Waals surface area contributed by atoms with E-state index in [2.05, 4.69) is 28.1 Å². The summed E-state index contributed by atoms with van der Waals surface area (Å²) >= 11 is 6.52. The van der Waals surface area contributed by atoms with E-state index in [0.717, 1.165) is 48.8 Å². The minimum atomic E-state index is 0.0825. The van der Waals surface area contributed by atoms with Crippen molar-refractivity contribution in [3.05, 3.63) is 64.3 Å². The van der Waals surface area contributed by atoms with Crippen LogP contribution in [0.4, 0.5) is 0 Å². The number of benzene rings is 2. The van der Waals surface area contributed by atoms with E-state index in [0.29, 0.717) is 11.7 Å². The molecule has 2 aliphatic carbocycles. The van der Waals surface area contributed by atoms with Gasteiger partial charge in [0.15, 0.2) is 0 Å². The van der Waals surface area contributed by atoms with Crippen molar-refractivity contribution in [3.8, 4) is 5.75 Å². The lowest BCUT2D eigenvalue weighted by atomic mass is 9.58. The van der Waals surface area contributed by atoms with E-state index in [-0.39, 0.29) is 5.41 Å². The Labute approximate surface area is 176 Å². The van der Waals surface area contributed by atoms with Crippen molar-refractivity contribution in [2.45, 2.75) is 37.5 Å². The molecule has 0 radical (unpaired) electrons. The minimum absolute atomic E-state index is 0.0825. The first-order valence-corrected chi connectivity index (χ1v) is 11.3. The molecule has 3 aliphatic rings. The van der Waals surface area contributed by atoms with Crippen LogP contribution in [0.1, 0.15) is 36.1 Å². The zero-order valence-corrected chi connectivity index (χ0v) is 17.4. The second kappa shape index (κ2) is 6.52. The number of rotatable bonds is 3. The predicted molar refractivity (Wildman–Crippen MR) is 118 cm³/mol. The Hall–Kier alpha value is -1.97. The number of halogens is 1. The van der Waals surface area contributed by atoms with Crippen LogP contribution < -0.4 is 0 Å². The van der Waals surface area contributed by atoms with Crippen LogP contribution in [-0.2, 0) is 18.3 Å². The number of aromatic nitrogens is 1. The summed E-state index contributed by atoms with van der Waals surface area (Å²) in [5.74, 6) is 1.86. The Morgan fingerprint density at radius 2 is 2.03 bits per heavy atom. The molecule has 2 N–H and O–H groups in total. The van der Waals surface area contributed by atoms with Crippen LogP contribution in [0.3, 0.4) is 0 Å². The summed E-state index contributed by atoms with van der Waals surface area (Å²) in [5.41, 5.74) is 5.25. The van der Waals surface area contributed by atoms with E-state index in [9.17, 15) is 5.11 Å². The van der Waals surface area contributed by atoms with E-state index in [1.165, 1.54) is 41.6 Å². The normalized spacial score (nSPS) is 27.0. The van der Waals surface area contributed by atoms with Gasteiger partial charge in [-0.1, -0.05) is 35.9 Å². The molecular weight excluding hydrogens is 380 g/mol. The second-order valence-corrected chi connectivity index (χ2v) is 9.89. The van der Waals surface area contributed by atoms with Crippen molar-refractivity contribution in [2.24, 2.45) is 11.8 Å². The van der Waals surface area contributed by atoms with E-state index in [4.69, 9.17) is 11.6 Å². The smallest absolute Gasteiger partial charge is 0.115 e. The molecule has 4 heteroatoms. The largest absolute Gasteiger partial charge is 0.508 e. The van der Waals surface area contributed by atoms with Crippen molar-refractivity contribution in [2.75, 3.05) is 19.6 Å². The van der Waals surface area contributed by atoms with Crippen LogP contribution >= 0.6 is 11.6 Å². The van der Waals surface area contributed by atoms with Gasteiger partial charge in [0.1, 0.15) is 5.75 Å². The summed E-state index contributed by atoms with van der Waals surface area (Å²) in [4.78, 5) is 6.38. The van der Waals surface area contributed by atoms with Crippen LogP contribution in [0.25, 0.3) is 10.9 Å². The van der Waals surface area contributed by atoms with Gasteiger partial charge in [-0.25, -0.2) is 0 Å². The highest BCUT2D eigenvalue weighted by Gasteiger charge is 2.48. The second-order valence-electron chi connectivity index (χ2n) is 9.48. The van der Waals surface area contributed by atoms with Gasteiger partial charge in [-0.2, -0.15) is 0 Å². The third-order valence-electron chi connectivity index (χ3n) is 7.69. The molecule has 1 aliphatic heterocycles. The first-order valence-electron chi connectivity index (χ1n) is 10.9. The van der Waals surface area contributed by atoms with E-state index in [1.54, 1.807) is 6.07 Å². The summed E-state index contributed by atoms with van der Waals surface area (Å²) < 4.78 is 0. The van der Waals surface area contributed by atoms with Gasteiger partial charge in [-0.3, -0.25) is 0 Å². The van der Waals surface area contributed by atoms with Gasteiger partial charge in [-0.15, -0.1) is 0 Å². The van der Waals surface area contributed by atoms with Crippen molar-refractivity contribution >= 4 is 22.5 Å². The van der Waals surface area contributed by atoms with Gasteiger partial charge in [-0.05, 0) is 79.8 Å². The quantitative estimate of drug-likeness (QED) is 0.619. The Morgan fingerprint density at radius 3 is 2.86 bits per heavy atom. The molecule has 1 saturated carbocycles. The molecule has 2 fully saturated rings. The van der Waals surface area contributed by atoms with Crippen LogP contribution in [-0.4, -0.2) is 34.6 Å². The zero-order valence-electron chi connectivity index (χ0n) is 16.6. The molecule has 0 bridgehead atoms. The van der Waals surface area contributed by atoms with Gasteiger partial charge >= 0.3 is 0 Å². The molecule has 2 heterocycles. The number of nitrogens with one attached hydrogen (secondary N) is 1. The molecule has 150 valence electrons. The molecule has 1 saturated heterocycles. The Morgan fingerprint density at radius 1 is 1.17 bits per heavy atom. The van der Waals surface area contributed by atoms with Crippen molar-refractivity contribution < 1.29 is 5.11 Å². The lowest BCUT2D eigenvalue weighted by molar-refractivity contribution is 0.0783. The number of H-pyrrole nitrogens is 1. The summed E-state index contributed by atoms with van der Waals surface area (Å²) in [7, 11) is 0. The molecule has 2 atom stereocenters. The number of fused-ring (bicyclic) bond motifs is 4. The van der Waals surface area contributed by atoms with E-state index < -0.39 is 0 Å². The number of piperidine rings is 1. The van der Waals surface area contributed by atoms with Crippen molar-refractivity contribution in [1.82, 2.24) is 9.88 Å². The fourth-order valence-electron chi connectivity index (χ4n) is 6.00. The lowest BCUT2D eigenvalue weighted by Gasteiger charge is -2.51. The third-order valence-corrected chi connectivity index (χ3v) is 8.01. The Kier molecular flexibility index (Phi) is 4.01. The fourth-order valence-corrected chi connectivity index (χ4v) is 6.22. The average Bonchev–Trinajstić information content (AvgIpc) is 3.46. The molecule has 29 heavy (non-hydrogen) atoms. The monoisotopic (exact) mass is 406 g/mol. The predicted octanol–water partition coefficient (Wildman–Crippen LogP) is 5.30. The standard InChI is InChI=1S/C25H27ClN2O/c26-22-6-2-5-20-21-12-18-15-28(14-16-7-8-16)10-9-25(18,13-23(21)27-24(20)22)17-3-1-4-19(29)11-17/h1-6,11,16,18,27,29H,7-10,12-15H2. The molecule has 2 unspecified atom stereocenters. The first kappa shape index (κ1) is 17.9. The highest BCUT2D eigenvalue weighted by molar-refractivity contribution is 6.35. The molecule has 2 aromatic carbocycles. The molecule has 3 aromatic rings. The van der Waals surface area contributed by atoms with E-state index in [1.807, 2.05) is 18.2 Å². The Bertz CT molecular complexity index is 1090. The van der Waals surface area contributed by atoms with Gasteiger partial charge in [0.05, 0.1) is 10.5 Å². The maximum absolute atomic E-state index is 10.2. The number of nitrogens with zero attached hydrogens (tertiary/aromatic N) is 1. The average molecular weight is 407 g/mol. The van der Waals surface area contributed by atoms with Crippen LogP contribution in [0, 0.1) is 11.8 Å². The number of hydrogen-bond acceptors (Lipinski definition) is 2. The minimum Gasteiger partial charge on any atom is -0.508 e. The molecule has 0 spiro atoms. The molecular formula is C25H27ClN2O. The number of para-hydroxylation sites is 1. The number of hydrogen-bond donors (Lipinski definition) is 2. The SMILES string of the molecule is Oc1cccc(C23CCN(CC4CC4)CC2Cc2c([nH]c4c(Cl)cccc24)C3)c1. The van der Waals surface area contributed by atoms with E-state index >= 15 is 0 Å². The summed E-state index contributed by atoms with van der Waals surface area (Å²) in [6, 6.07) is 14.3. The summed E-state index contributed by atoms with van der Waals surface area (Å²) in [6.45, 7) is 3.57. The number of likely N-dealkylation sites (tertiary alicyclic amines) is 1. The van der Waals surface area contributed by atoms with Gasteiger partial charge < -0.3 is 15.0 Å². The first-order chi connectivity index (χ1) is 14.1. The molecule has 3 nitrogen and oxygen atoms in total. The highest BCUT2D eigenvalue weighted by atomic mass is 35.5. The number of phenols is 1. The highest BCUT2D eigenvalue weighted by Crippen LogP contribution is 2.50. The van der Waals surface area contributed by atoms with Crippen molar-refractivity contribution in [3.63, 3.8) is 0 Å². The maximum atomic E-state index is 10.2. The maximum Gasteiger partial charge on any atom is 0.115 e. The van der Waals surface area contributed by atoms with Crippen molar-refractivity contribution in [1.29, 1.82) is 0 Å². The van der Waals surface area contributed by atoms with Crippen LogP contribution in [0.2, 0.25) is 5.02 Å². The third kappa shape index (κ3) is 2.90. The number of aromatic hydroxyl groups is 1. The van der Waals surface area contributed by atoms with Gasteiger partial charge in [0.2, 0.25) is 0 Å². The fraction of sp³-hybridized carbons (Fsp3) is 0.440.